The fourth-order valence-corrected chi connectivity index (χ4v) is 1.84. The summed E-state index contributed by atoms with van der Waals surface area (Å²) in [5.41, 5.74) is 1.27. The lowest BCUT2D eigenvalue weighted by Gasteiger charge is -2.03. The Labute approximate surface area is 89.4 Å². The van der Waals surface area contributed by atoms with Crippen LogP contribution < -0.4 is 10.1 Å². The molecule has 0 bridgehead atoms. The Kier molecular flexibility index (Phi) is 2.62. The summed E-state index contributed by atoms with van der Waals surface area (Å²) in [5, 5.41) is 2.92. The van der Waals surface area contributed by atoms with Crippen LogP contribution in [0.5, 0.6) is 5.75 Å². The highest BCUT2D eigenvalue weighted by Gasteiger charge is 2.38. The van der Waals surface area contributed by atoms with Crippen molar-refractivity contribution >= 4 is 5.91 Å². The Bertz CT molecular complexity index is 358. The van der Waals surface area contributed by atoms with Crippen molar-refractivity contribution in [2.24, 2.45) is 0 Å². The van der Waals surface area contributed by atoms with Crippen molar-refractivity contribution < 1.29 is 9.53 Å². The minimum Gasteiger partial charge on any atom is -0.497 e. The van der Waals surface area contributed by atoms with Crippen molar-refractivity contribution in [2.75, 3.05) is 7.11 Å². The van der Waals surface area contributed by atoms with Gasteiger partial charge in [0.2, 0.25) is 5.91 Å². The molecule has 1 aromatic rings. The predicted octanol–water partition coefficient (Wildman–Crippen LogP) is 1.69. The number of methoxy groups -OCH3 is 1. The van der Waals surface area contributed by atoms with Gasteiger partial charge in [-0.2, -0.15) is 0 Å². The molecule has 2 unspecified atom stereocenters. The van der Waals surface area contributed by atoms with Gasteiger partial charge >= 0.3 is 0 Å². The van der Waals surface area contributed by atoms with E-state index in [2.05, 4.69) is 17.4 Å². The molecule has 0 spiro atoms. The molecule has 1 aliphatic rings. The molecule has 15 heavy (non-hydrogen) atoms. The van der Waals surface area contributed by atoms with Gasteiger partial charge in [0.25, 0.3) is 0 Å². The van der Waals surface area contributed by atoms with Gasteiger partial charge in [0.1, 0.15) is 5.75 Å². The zero-order chi connectivity index (χ0) is 10.8. The van der Waals surface area contributed by atoms with Gasteiger partial charge in [-0.25, -0.2) is 0 Å². The van der Waals surface area contributed by atoms with E-state index in [0.29, 0.717) is 12.0 Å². The van der Waals surface area contributed by atoms with Crippen LogP contribution in [0, 0.1) is 0 Å². The molecule has 0 aliphatic heterocycles. The molecule has 0 aromatic heterocycles. The number of benzene rings is 1. The van der Waals surface area contributed by atoms with Crippen LogP contribution in [-0.2, 0) is 4.79 Å². The average Bonchev–Trinajstić information content (AvgIpc) is 2.96. The second kappa shape index (κ2) is 3.93. The van der Waals surface area contributed by atoms with E-state index in [-0.39, 0.29) is 5.91 Å². The van der Waals surface area contributed by atoms with Crippen molar-refractivity contribution in [3.05, 3.63) is 29.8 Å². The first-order valence-electron chi connectivity index (χ1n) is 5.12. The predicted molar refractivity (Wildman–Crippen MR) is 58.0 cm³/mol. The monoisotopic (exact) mass is 205 g/mol. The summed E-state index contributed by atoms with van der Waals surface area (Å²) in [6.45, 7) is 1.56. The molecule has 1 aromatic carbocycles. The van der Waals surface area contributed by atoms with Crippen molar-refractivity contribution in [1.82, 2.24) is 5.32 Å². The summed E-state index contributed by atoms with van der Waals surface area (Å²) in [5.74, 6) is 1.41. The van der Waals surface area contributed by atoms with E-state index >= 15 is 0 Å². The number of hydrogen-bond acceptors (Lipinski definition) is 2. The largest absolute Gasteiger partial charge is 0.497 e. The Hall–Kier alpha value is -1.51. The van der Waals surface area contributed by atoms with E-state index in [1.165, 1.54) is 5.56 Å². The highest BCUT2D eigenvalue weighted by molar-refractivity contribution is 5.73. The molecular formula is C12H15NO2. The van der Waals surface area contributed by atoms with Gasteiger partial charge < -0.3 is 10.1 Å². The van der Waals surface area contributed by atoms with Crippen LogP contribution in [-0.4, -0.2) is 19.1 Å². The van der Waals surface area contributed by atoms with Gasteiger partial charge in [0, 0.05) is 18.9 Å². The van der Waals surface area contributed by atoms with E-state index < -0.39 is 0 Å². The summed E-state index contributed by atoms with van der Waals surface area (Å²) in [6, 6.07) is 8.36. The first-order valence-corrected chi connectivity index (χ1v) is 5.12. The Balaban J connectivity index is 1.97. The van der Waals surface area contributed by atoms with Gasteiger partial charge in [-0.1, -0.05) is 12.1 Å². The maximum absolute atomic E-state index is 10.8. The standard InChI is InChI=1S/C12H15NO2/c1-8(14)13-12-7-11(12)9-3-5-10(15-2)6-4-9/h3-6,11-12H,7H2,1-2H3,(H,13,14). The molecule has 1 amide bonds. The topological polar surface area (TPSA) is 38.3 Å². The second-order valence-corrected chi connectivity index (χ2v) is 3.92. The SMILES string of the molecule is COc1ccc(C2CC2NC(C)=O)cc1. The van der Waals surface area contributed by atoms with E-state index in [1.54, 1.807) is 14.0 Å². The number of ether oxygens (including phenoxy) is 1. The van der Waals surface area contributed by atoms with Gasteiger partial charge in [-0.3, -0.25) is 4.79 Å². The summed E-state index contributed by atoms with van der Waals surface area (Å²) < 4.78 is 5.09. The fourth-order valence-electron chi connectivity index (χ4n) is 1.84. The smallest absolute Gasteiger partial charge is 0.217 e. The maximum Gasteiger partial charge on any atom is 0.217 e. The summed E-state index contributed by atoms with van der Waals surface area (Å²) in [7, 11) is 1.66. The molecule has 1 fully saturated rings. The highest BCUT2D eigenvalue weighted by atomic mass is 16.5. The van der Waals surface area contributed by atoms with E-state index in [4.69, 9.17) is 4.74 Å². The third-order valence-corrected chi connectivity index (χ3v) is 2.72. The normalized spacial score (nSPS) is 23.3. The first-order chi connectivity index (χ1) is 7.20. The van der Waals surface area contributed by atoms with Gasteiger partial charge in [-0.05, 0) is 24.1 Å². The number of carbonyl (C=O) groups excluding carboxylic acids is 1. The summed E-state index contributed by atoms with van der Waals surface area (Å²) in [4.78, 5) is 10.8. The van der Waals surface area contributed by atoms with E-state index in [0.717, 1.165) is 12.2 Å². The van der Waals surface area contributed by atoms with Crippen LogP contribution in [0.1, 0.15) is 24.8 Å². The highest BCUT2D eigenvalue weighted by Crippen LogP contribution is 2.41. The van der Waals surface area contributed by atoms with Crippen LogP contribution in [0.4, 0.5) is 0 Å². The van der Waals surface area contributed by atoms with Crippen LogP contribution in [0.2, 0.25) is 0 Å². The van der Waals surface area contributed by atoms with Gasteiger partial charge in [-0.15, -0.1) is 0 Å². The molecule has 2 atom stereocenters. The van der Waals surface area contributed by atoms with Crippen molar-refractivity contribution in [3.8, 4) is 5.75 Å². The third-order valence-electron chi connectivity index (χ3n) is 2.72. The number of hydrogen-bond donors (Lipinski definition) is 1. The zero-order valence-electron chi connectivity index (χ0n) is 8.99. The first kappa shape index (κ1) is 10.0. The molecular weight excluding hydrogens is 190 g/mol. The maximum atomic E-state index is 10.8. The van der Waals surface area contributed by atoms with Crippen LogP contribution >= 0.6 is 0 Å². The van der Waals surface area contributed by atoms with Gasteiger partial charge in [0.05, 0.1) is 7.11 Å². The van der Waals surface area contributed by atoms with E-state index in [1.807, 2.05) is 12.1 Å². The Morgan fingerprint density at radius 1 is 1.40 bits per heavy atom. The lowest BCUT2D eigenvalue weighted by Crippen LogP contribution is -2.23. The minimum atomic E-state index is 0.0519. The molecule has 1 saturated carbocycles. The Morgan fingerprint density at radius 2 is 2.07 bits per heavy atom. The van der Waals surface area contributed by atoms with Crippen LogP contribution in [0.15, 0.2) is 24.3 Å². The molecule has 2 rings (SSSR count). The number of amides is 1. The van der Waals surface area contributed by atoms with Crippen LogP contribution in [0.3, 0.4) is 0 Å². The minimum absolute atomic E-state index is 0.0519. The number of nitrogens with one attached hydrogen (secondary N) is 1. The number of carbonyl (C=O) groups is 1. The molecule has 80 valence electrons. The van der Waals surface area contributed by atoms with Crippen LogP contribution in [0.25, 0.3) is 0 Å². The molecule has 0 heterocycles. The number of rotatable bonds is 3. The lowest BCUT2D eigenvalue weighted by atomic mass is 10.1. The summed E-state index contributed by atoms with van der Waals surface area (Å²) in [6.07, 6.45) is 1.05. The second-order valence-electron chi connectivity index (χ2n) is 3.92. The third kappa shape index (κ3) is 2.29. The summed E-state index contributed by atoms with van der Waals surface area (Å²) >= 11 is 0. The lowest BCUT2D eigenvalue weighted by molar-refractivity contribution is -0.119. The molecule has 1 aliphatic carbocycles. The van der Waals surface area contributed by atoms with Gasteiger partial charge in [0.15, 0.2) is 0 Å². The molecule has 3 heteroatoms. The molecule has 0 radical (unpaired) electrons. The molecule has 1 N–H and O–H groups in total. The molecule has 3 nitrogen and oxygen atoms in total. The van der Waals surface area contributed by atoms with Crippen molar-refractivity contribution in [2.45, 2.75) is 25.3 Å². The van der Waals surface area contributed by atoms with Crippen molar-refractivity contribution in [3.63, 3.8) is 0 Å². The Morgan fingerprint density at radius 3 is 2.60 bits per heavy atom. The zero-order valence-corrected chi connectivity index (χ0v) is 8.99. The quantitative estimate of drug-likeness (QED) is 0.815. The van der Waals surface area contributed by atoms with E-state index in [9.17, 15) is 4.79 Å². The molecule has 0 saturated heterocycles. The fraction of sp³-hybridized carbons (Fsp3) is 0.417. The van der Waals surface area contributed by atoms with Crippen molar-refractivity contribution in [1.29, 1.82) is 0 Å². The average molecular weight is 205 g/mol.